The number of aryl methyl sites for hydroxylation is 2. The molecule has 5 nitrogen and oxygen atoms in total. The molecule has 2 amide bonds. The summed E-state index contributed by atoms with van der Waals surface area (Å²) < 4.78 is 5.33. The summed E-state index contributed by atoms with van der Waals surface area (Å²) in [5.41, 5.74) is 1.04. The average Bonchev–Trinajstić information content (AvgIpc) is 3.12. The van der Waals surface area contributed by atoms with Crippen LogP contribution in [0.5, 0.6) is 0 Å². The third-order valence-electron chi connectivity index (χ3n) is 4.03. The smallest absolute Gasteiger partial charge is 0.317 e. The van der Waals surface area contributed by atoms with Crippen LogP contribution < -0.4 is 5.32 Å². The van der Waals surface area contributed by atoms with Gasteiger partial charge in [0.15, 0.2) is 0 Å². The highest BCUT2D eigenvalue weighted by Gasteiger charge is 2.23. The Bertz CT molecular complexity index is 483. The third-order valence-corrected chi connectivity index (χ3v) is 5.50. The summed E-state index contributed by atoms with van der Waals surface area (Å²) >= 11 is 1.70. The van der Waals surface area contributed by atoms with Gasteiger partial charge in [-0.2, -0.15) is 0 Å². The van der Waals surface area contributed by atoms with Crippen LogP contribution in [0.1, 0.15) is 41.9 Å². The summed E-state index contributed by atoms with van der Waals surface area (Å²) in [7, 11) is 1.84. The van der Waals surface area contributed by atoms with Crippen molar-refractivity contribution in [2.75, 3.05) is 26.8 Å². The van der Waals surface area contributed by atoms with Gasteiger partial charge in [-0.15, -0.1) is 11.3 Å². The zero-order valence-electron chi connectivity index (χ0n) is 13.3. The number of nitrogens with one attached hydrogen (secondary N) is 1. The molecule has 1 aromatic heterocycles. The molecule has 0 unspecified atom stereocenters. The van der Waals surface area contributed by atoms with Crippen LogP contribution in [-0.4, -0.2) is 42.7 Å². The van der Waals surface area contributed by atoms with Gasteiger partial charge in [-0.05, 0) is 26.7 Å². The minimum atomic E-state index is -0.0275. The number of amides is 2. The molecule has 1 aromatic rings. The molecular formula is C15H25N3O2S. The number of hydrogen-bond donors (Lipinski definition) is 1. The van der Waals surface area contributed by atoms with Crippen molar-refractivity contribution < 1.29 is 9.53 Å². The second-order valence-electron chi connectivity index (χ2n) is 5.61. The van der Waals surface area contributed by atoms with Crippen molar-refractivity contribution in [3.05, 3.63) is 15.6 Å². The zero-order chi connectivity index (χ0) is 15.4. The van der Waals surface area contributed by atoms with Gasteiger partial charge in [-0.3, -0.25) is 0 Å². The molecule has 2 atom stereocenters. The van der Waals surface area contributed by atoms with E-state index in [0.29, 0.717) is 12.5 Å². The number of carbonyl (C=O) groups is 1. The van der Waals surface area contributed by atoms with Crippen molar-refractivity contribution in [3.8, 4) is 0 Å². The first-order valence-corrected chi connectivity index (χ1v) is 8.39. The molecule has 118 valence electrons. The second-order valence-corrected chi connectivity index (χ2v) is 6.73. The van der Waals surface area contributed by atoms with Gasteiger partial charge in [0, 0.05) is 31.0 Å². The fourth-order valence-electron chi connectivity index (χ4n) is 2.46. The maximum Gasteiger partial charge on any atom is 0.317 e. The summed E-state index contributed by atoms with van der Waals surface area (Å²) in [6.07, 6.45) is 1.98. The number of aromatic nitrogens is 1. The van der Waals surface area contributed by atoms with Crippen LogP contribution in [0.3, 0.4) is 0 Å². The lowest BCUT2D eigenvalue weighted by molar-refractivity contribution is 0.179. The van der Waals surface area contributed by atoms with E-state index in [1.807, 2.05) is 14.0 Å². The first kappa shape index (κ1) is 16.2. The average molecular weight is 311 g/mol. The van der Waals surface area contributed by atoms with Crippen molar-refractivity contribution in [1.29, 1.82) is 0 Å². The van der Waals surface area contributed by atoms with Crippen molar-refractivity contribution in [1.82, 2.24) is 15.2 Å². The molecule has 1 aliphatic heterocycles. The standard InChI is InChI=1S/C15H25N3O2S/c1-5-13-17-10(2)14(21-13)11(3)18(4)15(19)16-8-12-6-7-20-9-12/h11-12H,5-9H2,1-4H3,(H,16,19)/t11-,12+/m0/s1. The van der Waals surface area contributed by atoms with Crippen molar-refractivity contribution >= 4 is 17.4 Å². The number of ether oxygens (including phenoxy) is 1. The first-order chi connectivity index (χ1) is 10.0. The topological polar surface area (TPSA) is 54.5 Å². The second kappa shape index (κ2) is 7.22. The van der Waals surface area contributed by atoms with Gasteiger partial charge in [0.1, 0.15) is 0 Å². The molecule has 21 heavy (non-hydrogen) atoms. The highest BCUT2D eigenvalue weighted by atomic mass is 32.1. The highest BCUT2D eigenvalue weighted by Crippen LogP contribution is 2.28. The number of nitrogens with zero attached hydrogens (tertiary/aromatic N) is 2. The van der Waals surface area contributed by atoms with E-state index in [1.165, 1.54) is 4.88 Å². The van der Waals surface area contributed by atoms with E-state index in [2.05, 4.69) is 24.1 Å². The lowest BCUT2D eigenvalue weighted by atomic mass is 10.1. The Morgan fingerprint density at radius 1 is 1.62 bits per heavy atom. The molecule has 0 saturated carbocycles. The zero-order valence-corrected chi connectivity index (χ0v) is 14.1. The fraction of sp³-hybridized carbons (Fsp3) is 0.733. The Morgan fingerprint density at radius 3 is 2.95 bits per heavy atom. The van der Waals surface area contributed by atoms with Crippen LogP contribution in [0.4, 0.5) is 4.79 Å². The van der Waals surface area contributed by atoms with E-state index in [-0.39, 0.29) is 12.1 Å². The molecule has 1 N–H and O–H groups in total. The van der Waals surface area contributed by atoms with Gasteiger partial charge in [-0.1, -0.05) is 6.92 Å². The molecule has 0 aromatic carbocycles. The normalized spacial score (nSPS) is 19.5. The Hall–Kier alpha value is -1.14. The predicted octanol–water partition coefficient (Wildman–Crippen LogP) is 2.75. The monoisotopic (exact) mass is 311 g/mol. The number of rotatable bonds is 5. The van der Waals surface area contributed by atoms with Crippen molar-refractivity contribution in [2.24, 2.45) is 5.92 Å². The van der Waals surface area contributed by atoms with Crippen LogP contribution in [0.15, 0.2) is 0 Å². The minimum Gasteiger partial charge on any atom is -0.381 e. The summed E-state index contributed by atoms with van der Waals surface area (Å²) in [6.45, 7) is 8.44. The van der Waals surface area contributed by atoms with E-state index in [0.717, 1.165) is 36.8 Å². The lowest BCUT2D eigenvalue weighted by Gasteiger charge is -2.25. The fourth-order valence-corrected chi connectivity index (χ4v) is 3.56. The Kier molecular flexibility index (Phi) is 5.58. The lowest BCUT2D eigenvalue weighted by Crippen LogP contribution is -2.40. The van der Waals surface area contributed by atoms with E-state index in [1.54, 1.807) is 16.2 Å². The van der Waals surface area contributed by atoms with E-state index < -0.39 is 0 Å². The van der Waals surface area contributed by atoms with Crippen LogP contribution >= 0.6 is 11.3 Å². The molecule has 0 spiro atoms. The van der Waals surface area contributed by atoms with Crippen LogP contribution in [-0.2, 0) is 11.2 Å². The van der Waals surface area contributed by atoms with E-state index in [9.17, 15) is 4.79 Å². The summed E-state index contributed by atoms with van der Waals surface area (Å²) in [5, 5.41) is 4.14. The summed E-state index contributed by atoms with van der Waals surface area (Å²) in [4.78, 5) is 19.7. The molecule has 0 aliphatic carbocycles. The number of carbonyl (C=O) groups excluding carboxylic acids is 1. The minimum absolute atomic E-state index is 0.0275. The number of thiazole rings is 1. The van der Waals surface area contributed by atoms with Crippen LogP contribution in [0.2, 0.25) is 0 Å². The molecule has 2 heterocycles. The van der Waals surface area contributed by atoms with Gasteiger partial charge in [0.2, 0.25) is 0 Å². The molecular weight excluding hydrogens is 286 g/mol. The van der Waals surface area contributed by atoms with Gasteiger partial charge in [-0.25, -0.2) is 9.78 Å². The maximum atomic E-state index is 12.3. The third kappa shape index (κ3) is 3.95. The van der Waals surface area contributed by atoms with Crippen LogP contribution in [0.25, 0.3) is 0 Å². The number of urea groups is 1. The summed E-state index contributed by atoms with van der Waals surface area (Å²) in [6, 6.07) is 0.0166. The Balaban J connectivity index is 1.92. The highest BCUT2D eigenvalue weighted by molar-refractivity contribution is 7.11. The van der Waals surface area contributed by atoms with Crippen LogP contribution in [0, 0.1) is 12.8 Å². The molecule has 0 radical (unpaired) electrons. The van der Waals surface area contributed by atoms with Gasteiger partial charge in [0.25, 0.3) is 0 Å². The van der Waals surface area contributed by atoms with E-state index >= 15 is 0 Å². The van der Waals surface area contributed by atoms with Crippen molar-refractivity contribution in [3.63, 3.8) is 0 Å². The predicted molar refractivity (Wildman–Crippen MR) is 84.7 cm³/mol. The summed E-state index contributed by atoms with van der Waals surface area (Å²) in [5.74, 6) is 0.453. The van der Waals surface area contributed by atoms with Gasteiger partial charge < -0.3 is 15.0 Å². The molecule has 2 rings (SSSR count). The Labute approximate surface area is 130 Å². The Morgan fingerprint density at radius 2 is 2.38 bits per heavy atom. The molecule has 0 bridgehead atoms. The number of hydrogen-bond acceptors (Lipinski definition) is 4. The van der Waals surface area contributed by atoms with Gasteiger partial charge in [0.05, 0.1) is 23.4 Å². The first-order valence-electron chi connectivity index (χ1n) is 7.57. The molecule has 1 aliphatic rings. The molecule has 1 fully saturated rings. The SMILES string of the molecule is CCc1nc(C)c([C@H](C)N(C)C(=O)NC[C@H]2CCOC2)s1. The van der Waals surface area contributed by atoms with Gasteiger partial charge >= 0.3 is 6.03 Å². The molecule has 6 heteroatoms. The maximum absolute atomic E-state index is 12.3. The molecule has 1 saturated heterocycles. The van der Waals surface area contributed by atoms with Crippen molar-refractivity contribution in [2.45, 2.75) is 39.7 Å². The van der Waals surface area contributed by atoms with E-state index in [4.69, 9.17) is 4.74 Å². The largest absolute Gasteiger partial charge is 0.381 e. The quantitative estimate of drug-likeness (QED) is 0.909.